The quantitative estimate of drug-likeness (QED) is 0.672. The molecule has 23 heavy (non-hydrogen) atoms. The van der Waals surface area contributed by atoms with Gasteiger partial charge >= 0.3 is 5.97 Å². The van der Waals surface area contributed by atoms with E-state index in [2.05, 4.69) is 10.2 Å². The normalized spacial score (nSPS) is 10.5. The van der Waals surface area contributed by atoms with Crippen LogP contribution in [0.3, 0.4) is 0 Å². The first kappa shape index (κ1) is 14.8. The van der Waals surface area contributed by atoms with E-state index in [1.54, 1.807) is 35.9 Å². The van der Waals surface area contributed by atoms with Gasteiger partial charge in [0.25, 0.3) is 0 Å². The smallest absolute Gasteiger partial charge is 0.339 e. The molecule has 0 aliphatic rings. The molecule has 7 heteroatoms. The lowest BCUT2D eigenvalue weighted by atomic mass is 10.3. The van der Waals surface area contributed by atoms with Gasteiger partial charge in [0.15, 0.2) is 11.5 Å². The summed E-state index contributed by atoms with van der Waals surface area (Å²) >= 11 is 0. The fraction of sp³-hybridized carbons (Fsp3) is 0.188. The number of hydrogen-bond donors (Lipinski definition) is 0. The van der Waals surface area contributed by atoms with Crippen LogP contribution in [0.2, 0.25) is 0 Å². The van der Waals surface area contributed by atoms with Crippen molar-refractivity contribution in [2.75, 3.05) is 14.2 Å². The predicted octanol–water partition coefficient (Wildman–Crippen LogP) is 2.10. The summed E-state index contributed by atoms with van der Waals surface area (Å²) in [5, 5.41) is 8.13. The highest BCUT2D eigenvalue weighted by molar-refractivity contribution is 5.89. The van der Waals surface area contributed by atoms with Crippen LogP contribution < -0.4 is 9.47 Å². The maximum absolute atomic E-state index is 11.6. The Kier molecular flexibility index (Phi) is 4.09. The van der Waals surface area contributed by atoms with Crippen LogP contribution in [0.4, 0.5) is 0 Å². The molecule has 3 aromatic rings. The van der Waals surface area contributed by atoms with E-state index < -0.39 is 5.97 Å². The molecule has 0 spiro atoms. The zero-order chi connectivity index (χ0) is 16.2. The number of methoxy groups -OCH3 is 2. The number of rotatable bonds is 5. The van der Waals surface area contributed by atoms with Crippen molar-refractivity contribution in [1.82, 2.24) is 14.6 Å². The summed E-state index contributed by atoms with van der Waals surface area (Å²) in [5.41, 5.74) is 1.05. The number of carbonyl (C=O) groups excluding carboxylic acids is 1. The third kappa shape index (κ3) is 3.08. The average molecular weight is 313 g/mol. The molecule has 3 rings (SSSR count). The highest BCUT2D eigenvalue weighted by atomic mass is 16.5. The van der Waals surface area contributed by atoms with Crippen molar-refractivity contribution in [2.45, 2.75) is 6.61 Å². The van der Waals surface area contributed by atoms with E-state index in [1.807, 2.05) is 18.2 Å². The van der Waals surface area contributed by atoms with E-state index in [9.17, 15) is 4.79 Å². The highest BCUT2D eigenvalue weighted by Gasteiger charge is 2.11. The molecule has 2 heterocycles. The minimum absolute atomic E-state index is 0.207. The lowest BCUT2D eigenvalue weighted by Crippen LogP contribution is -2.05. The molecular formula is C16H15N3O4. The van der Waals surface area contributed by atoms with Crippen LogP contribution in [-0.4, -0.2) is 34.8 Å². The third-order valence-electron chi connectivity index (χ3n) is 3.30. The van der Waals surface area contributed by atoms with Gasteiger partial charge in [0, 0.05) is 12.3 Å². The Labute approximate surface area is 132 Å². The van der Waals surface area contributed by atoms with E-state index in [4.69, 9.17) is 14.2 Å². The van der Waals surface area contributed by atoms with Crippen molar-refractivity contribution in [3.8, 4) is 11.5 Å². The second kappa shape index (κ2) is 6.35. The molecule has 0 radical (unpaired) electrons. The summed E-state index contributed by atoms with van der Waals surface area (Å²) in [6, 6.07) is 10.6. The summed E-state index contributed by atoms with van der Waals surface area (Å²) in [6.07, 6.45) is 1.63. The van der Waals surface area contributed by atoms with Crippen molar-refractivity contribution in [1.29, 1.82) is 0 Å². The fourth-order valence-corrected chi connectivity index (χ4v) is 2.11. The molecule has 0 unspecified atom stereocenters. The van der Waals surface area contributed by atoms with E-state index in [1.165, 1.54) is 7.11 Å². The average Bonchev–Trinajstić information content (AvgIpc) is 3.01. The van der Waals surface area contributed by atoms with E-state index >= 15 is 0 Å². The van der Waals surface area contributed by atoms with Gasteiger partial charge in [0.1, 0.15) is 18.1 Å². The lowest BCUT2D eigenvalue weighted by Gasteiger charge is -2.07. The Morgan fingerprint density at radius 3 is 2.74 bits per heavy atom. The molecule has 0 N–H and O–H groups in total. The zero-order valence-corrected chi connectivity index (χ0v) is 12.7. The van der Waals surface area contributed by atoms with Gasteiger partial charge in [0.2, 0.25) is 0 Å². The summed E-state index contributed by atoms with van der Waals surface area (Å²) in [7, 11) is 2.94. The Morgan fingerprint density at radius 2 is 1.96 bits per heavy atom. The number of carbonyl (C=O) groups is 1. The van der Waals surface area contributed by atoms with Gasteiger partial charge in [-0.2, -0.15) is 0 Å². The monoisotopic (exact) mass is 313 g/mol. The number of nitrogens with zero attached hydrogens (tertiary/aromatic N) is 3. The first-order valence-corrected chi connectivity index (χ1v) is 6.90. The minimum Gasteiger partial charge on any atom is -0.497 e. The van der Waals surface area contributed by atoms with Crippen molar-refractivity contribution < 1.29 is 19.0 Å². The van der Waals surface area contributed by atoms with Gasteiger partial charge in [-0.25, -0.2) is 4.79 Å². The molecule has 0 bridgehead atoms. The Hall–Kier alpha value is -3.09. The van der Waals surface area contributed by atoms with E-state index in [0.717, 1.165) is 0 Å². The predicted molar refractivity (Wildman–Crippen MR) is 81.7 cm³/mol. The van der Waals surface area contributed by atoms with E-state index in [-0.39, 0.29) is 6.61 Å². The summed E-state index contributed by atoms with van der Waals surface area (Å²) in [6.45, 7) is 0.207. The minimum atomic E-state index is -0.416. The second-order valence-electron chi connectivity index (χ2n) is 4.72. The van der Waals surface area contributed by atoms with Gasteiger partial charge < -0.3 is 14.2 Å². The summed E-state index contributed by atoms with van der Waals surface area (Å²) in [5.74, 6) is 1.53. The molecule has 0 atom stereocenters. The van der Waals surface area contributed by atoms with Crippen LogP contribution >= 0.6 is 0 Å². The van der Waals surface area contributed by atoms with Crippen LogP contribution in [-0.2, 0) is 11.3 Å². The molecule has 118 valence electrons. The van der Waals surface area contributed by atoms with Crippen molar-refractivity contribution >= 4 is 11.6 Å². The van der Waals surface area contributed by atoms with Crippen LogP contribution in [0.25, 0.3) is 5.65 Å². The molecular weight excluding hydrogens is 298 g/mol. The molecule has 0 aliphatic heterocycles. The lowest BCUT2D eigenvalue weighted by molar-refractivity contribution is 0.0600. The van der Waals surface area contributed by atoms with Gasteiger partial charge in [-0.15, -0.1) is 10.2 Å². The fourth-order valence-electron chi connectivity index (χ4n) is 2.11. The van der Waals surface area contributed by atoms with Gasteiger partial charge in [0.05, 0.1) is 19.8 Å². The molecule has 0 saturated carbocycles. The number of ether oxygens (including phenoxy) is 3. The first-order chi connectivity index (χ1) is 11.2. The number of aromatic nitrogens is 3. The molecule has 0 amide bonds. The van der Waals surface area contributed by atoms with Crippen LogP contribution in [0.15, 0.2) is 42.6 Å². The van der Waals surface area contributed by atoms with Gasteiger partial charge in [-0.3, -0.25) is 4.40 Å². The maximum Gasteiger partial charge on any atom is 0.339 e. The highest BCUT2D eigenvalue weighted by Crippen LogP contribution is 2.20. The van der Waals surface area contributed by atoms with Crippen LogP contribution in [0.5, 0.6) is 11.5 Å². The number of benzene rings is 1. The summed E-state index contributed by atoms with van der Waals surface area (Å²) in [4.78, 5) is 11.6. The second-order valence-corrected chi connectivity index (χ2v) is 4.72. The van der Waals surface area contributed by atoms with E-state index in [0.29, 0.717) is 28.5 Å². The van der Waals surface area contributed by atoms with Gasteiger partial charge in [-0.05, 0) is 24.3 Å². The first-order valence-electron chi connectivity index (χ1n) is 6.90. The zero-order valence-electron chi connectivity index (χ0n) is 12.7. The maximum atomic E-state index is 11.6. The molecule has 7 nitrogen and oxygen atoms in total. The molecule has 1 aromatic carbocycles. The molecule has 0 saturated heterocycles. The number of fused-ring (bicyclic) bond motifs is 1. The molecule has 2 aromatic heterocycles. The number of pyridine rings is 1. The van der Waals surface area contributed by atoms with Crippen LogP contribution in [0, 0.1) is 0 Å². The van der Waals surface area contributed by atoms with Crippen LogP contribution in [0.1, 0.15) is 16.2 Å². The summed E-state index contributed by atoms with van der Waals surface area (Å²) < 4.78 is 17.3. The SMILES string of the molecule is COC(=O)c1ccc2nnc(COc3cccc(OC)c3)n2c1. The van der Waals surface area contributed by atoms with Crippen molar-refractivity contribution in [3.63, 3.8) is 0 Å². The van der Waals surface area contributed by atoms with Crippen molar-refractivity contribution in [2.24, 2.45) is 0 Å². The Bertz CT molecular complexity index is 844. The van der Waals surface area contributed by atoms with Crippen molar-refractivity contribution in [3.05, 3.63) is 54.0 Å². The Balaban J connectivity index is 1.83. The largest absolute Gasteiger partial charge is 0.497 e. The topological polar surface area (TPSA) is 75.0 Å². The van der Waals surface area contributed by atoms with Gasteiger partial charge in [-0.1, -0.05) is 6.07 Å². The number of hydrogen-bond acceptors (Lipinski definition) is 6. The Morgan fingerprint density at radius 1 is 1.13 bits per heavy atom. The third-order valence-corrected chi connectivity index (χ3v) is 3.30. The standard InChI is InChI=1S/C16H15N3O4/c1-21-12-4-3-5-13(8-12)23-10-15-18-17-14-7-6-11(9-19(14)15)16(20)22-2/h3-9H,10H2,1-2H3. The molecule has 0 aliphatic carbocycles. The number of esters is 1. The molecule has 0 fully saturated rings.